The largest absolute Gasteiger partial charge is 0.480 e. The van der Waals surface area contributed by atoms with Crippen LogP contribution in [0.25, 0.3) is 4.85 Å². The van der Waals surface area contributed by atoms with Gasteiger partial charge in [0, 0.05) is 24.5 Å². The predicted molar refractivity (Wildman–Crippen MR) is 112 cm³/mol. The van der Waals surface area contributed by atoms with Gasteiger partial charge in [-0.15, -0.1) is 0 Å². The van der Waals surface area contributed by atoms with Gasteiger partial charge in [-0.25, -0.2) is 13.3 Å². The summed E-state index contributed by atoms with van der Waals surface area (Å²) in [4.78, 5) is 15.5. The van der Waals surface area contributed by atoms with Crippen LogP contribution in [-0.4, -0.2) is 41.5 Å². The molecule has 1 aromatic carbocycles. The van der Waals surface area contributed by atoms with Crippen LogP contribution in [0.4, 0.5) is 5.69 Å². The number of hydrogen-bond donors (Lipinski definition) is 1. The molecule has 0 unspecified atom stereocenters. The van der Waals surface area contributed by atoms with Crippen LogP contribution in [0, 0.1) is 13.5 Å². The van der Waals surface area contributed by atoms with Gasteiger partial charge in [0.2, 0.25) is 15.7 Å². The Labute approximate surface area is 176 Å². The number of aromatic nitrogens is 1. The quantitative estimate of drug-likeness (QED) is 0.683. The van der Waals surface area contributed by atoms with Gasteiger partial charge >= 0.3 is 5.97 Å². The number of benzene rings is 1. The molecule has 2 aromatic rings. The topological polar surface area (TPSA) is 84.0 Å². The van der Waals surface area contributed by atoms with Crippen molar-refractivity contribution in [2.45, 2.75) is 56.4 Å². The first kappa shape index (κ1) is 20.6. The van der Waals surface area contributed by atoms with Crippen LogP contribution >= 0.6 is 0 Å². The van der Waals surface area contributed by atoms with Gasteiger partial charge in [0.25, 0.3) is 0 Å². The van der Waals surface area contributed by atoms with E-state index in [1.54, 1.807) is 28.8 Å². The molecule has 7 nitrogen and oxygen atoms in total. The highest BCUT2D eigenvalue weighted by molar-refractivity contribution is 7.89. The monoisotopic (exact) mass is 427 g/mol. The third-order valence-corrected chi connectivity index (χ3v) is 8.05. The number of rotatable bonds is 7. The number of carbonyl (C=O) groups is 1. The van der Waals surface area contributed by atoms with E-state index < -0.39 is 16.0 Å². The van der Waals surface area contributed by atoms with Crippen molar-refractivity contribution in [1.82, 2.24) is 8.87 Å². The number of sulfonamides is 1. The summed E-state index contributed by atoms with van der Waals surface area (Å²) < 4.78 is 29.7. The molecule has 2 heterocycles. The molecule has 0 radical (unpaired) electrons. The normalized spacial score (nSPS) is 17.2. The third-order valence-electron chi connectivity index (χ3n) is 6.05. The van der Waals surface area contributed by atoms with Gasteiger partial charge < -0.3 is 9.67 Å². The maximum atomic E-state index is 13.2. The Kier molecular flexibility index (Phi) is 5.43. The highest BCUT2D eigenvalue weighted by Crippen LogP contribution is 2.48. The average Bonchev–Trinajstić information content (AvgIpc) is 3.31. The molecule has 8 heteroatoms. The van der Waals surface area contributed by atoms with Crippen LogP contribution in [0.1, 0.15) is 54.1 Å². The van der Waals surface area contributed by atoms with Crippen LogP contribution in [0.15, 0.2) is 29.2 Å². The van der Waals surface area contributed by atoms with Gasteiger partial charge in [-0.3, -0.25) is 4.79 Å². The van der Waals surface area contributed by atoms with E-state index in [4.69, 9.17) is 6.57 Å². The fourth-order valence-electron chi connectivity index (χ4n) is 4.40. The van der Waals surface area contributed by atoms with E-state index in [1.165, 1.54) is 4.31 Å². The van der Waals surface area contributed by atoms with Crippen LogP contribution in [-0.2, 0) is 27.8 Å². The number of carboxylic acid groups (broad SMARTS) is 1. The standard InChI is InChI=1S/C22H25N3O4S/c1-15-18(21(23-2)22(16-9-10-16)25(15)14-20(26)27)13-17-7-3-4-8-19(17)30(28,29)24-11-5-6-12-24/h3-4,7-8,16H,5-6,9-14H2,1H3,(H,26,27). The molecule has 1 saturated heterocycles. The SMILES string of the molecule is [C-]#[N+]c1c(Cc2ccccc2S(=O)(=O)N2CCCC2)c(C)n(CC(=O)O)c1C1CC1. The molecule has 4 rings (SSSR count). The van der Waals surface area contributed by atoms with Crippen molar-refractivity contribution in [3.05, 3.63) is 58.2 Å². The molecule has 0 bridgehead atoms. The van der Waals surface area contributed by atoms with Crippen LogP contribution in [0.5, 0.6) is 0 Å². The fraction of sp³-hybridized carbons (Fsp3) is 0.455. The number of hydrogen-bond acceptors (Lipinski definition) is 3. The van der Waals surface area contributed by atoms with Crippen molar-refractivity contribution < 1.29 is 18.3 Å². The Hall–Kier alpha value is -2.63. The summed E-state index contributed by atoms with van der Waals surface area (Å²) >= 11 is 0. The van der Waals surface area contributed by atoms with Gasteiger partial charge in [0.1, 0.15) is 6.54 Å². The summed E-state index contributed by atoms with van der Waals surface area (Å²) in [5.41, 5.74) is 3.40. The lowest BCUT2D eigenvalue weighted by Crippen LogP contribution is -2.28. The smallest absolute Gasteiger partial charge is 0.323 e. The number of carboxylic acids is 1. The van der Waals surface area contributed by atoms with E-state index in [2.05, 4.69) is 4.85 Å². The predicted octanol–water partition coefficient (Wildman–Crippen LogP) is 3.68. The molecular formula is C22H25N3O4S. The zero-order valence-electron chi connectivity index (χ0n) is 17.0. The lowest BCUT2D eigenvalue weighted by atomic mass is 10.0. The van der Waals surface area contributed by atoms with Crippen LogP contribution < -0.4 is 0 Å². The van der Waals surface area contributed by atoms with Gasteiger partial charge in [-0.05, 0) is 62.1 Å². The van der Waals surface area contributed by atoms with Crippen molar-refractivity contribution in [3.8, 4) is 0 Å². The summed E-state index contributed by atoms with van der Waals surface area (Å²) in [5, 5.41) is 9.37. The zero-order chi connectivity index (χ0) is 21.5. The Morgan fingerprint density at radius 2 is 1.90 bits per heavy atom. The molecule has 158 valence electrons. The molecule has 0 amide bonds. The number of nitrogens with zero attached hydrogens (tertiary/aromatic N) is 3. The molecule has 30 heavy (non-hydrogen) atoms. The first-order valence-electron chi connectivity index (χ1n) is 10.2. The summed E-state index contributed by atoms with van der Waals surface area (Å²) in [7, 11) is -3.59. The van der Waals surface area contributed by atoms with Crippen molar-refractivity contribution >= 4 is 21.7 Å². The molecule has 1 saturated carbocycles. The van der Waals surface area contributed by atoms with Crippen molar-refractivity contribution in [3.63, 3.8) is 0 Å². The molecule has 2 aliphatic rings. The minimum Gasteiger partial charge on any atom is -0.480 e. The molecule has 2 fully saturated rings. The summed E-state index contributed by atoms with van der Waals surface area (Å²) in [6.45, 7) is 10.5. The lowest BCUT2D eigenvalue weighted by Gasteiger charge is -2.18. The minimum atomic E-state index is -3.59. The van der Waals surface area contributed by atoms with Crippen molar-refractivity contribution in [1.29, 1.82) is 0 Å². The second kappa shape index (κ2) is 7.89. The van der Waals surface area contributed by atoms with Gasteiger partial charge in [-0.1, -0.05) is 18.2 Å². The minimum absolute atomic E-state index is 0.187. The molecule has 1 aliphatic carbocycles. The first-order valence-corrected chi connectivity index (χ1v) is 11.7. The van der Waals surface area contributed by atoms with E-state index in [-0.39, 0.29) is 17.4 Å². The van der Waals surface area contributed by atoms with Crippen molar-refractivity contribution in [2.75, 3.05) is 13.1 Å². The van der Waals surface area contributed by atoms with Gasteiger partial charge in [0.15, 0.2) is 0 Å². The van der Waals surface area contributed by atoms with Crippen LogP contribution in [0.2, 0.25) is 0 Å². The van der Waals surface area contributed by atoms with E-state index in [0.29, 0.717) is 30.8 Å². The first-order chi connectivity index (χ1) is 14.3. The molecular weight excluding hydrogens is 402 g/mol. The summed E-state index contributed by atoms with van der Waals surface area (Å²) in [6.07, 6.45) is 3.92. The molecule has 1 aromatic heterocycles. The second-order valence-corrected chi connectivity index (χ2v) is 9.97. The molecule has 1 N–H and O–H groups in total. The summed E-state index contributed by atoms with van der Waals surface area (Å²) in [6, 6.07) is 6.95. The average molecular weight is 428 g/mol. The Bertz CT molecular complexity index is 1130. The molecule has 0 atom stereocenters. The number of aliphatic carboxylic acids is 1. The van der Waals surface area contributed by atoms with E-state index in [9.17, 15) is 18.3 Å². The molecule has 1 aliphatic heterocycles. The van der Waals surface area contributed by atoms with Crippen molar-refractivity contribution in [2.24, 2.45) is 0 Å². The second-order valence-electron chi connectivity index (χ2n) is 8.06. The third kappa shape index (κ3) is 3.64. The van der Waals surface area contributed by atoms with E-state index in [1.807, 2.05) is 6.92 Å². The zero-order valence-corrected chi connectivity index (χ0v) is 17.8. The lowest BCUT2D eigenvalue weighted by molar-refractivity contribution is -0.137. The Morgan fingerprint density at radius 3 is 2.50 bits per heavy atom. The van der Waals surface area contributed by atoms with Gasteiger partial charge in [0.05, 0.1) is 11.5 Å². The van der Waals surface area contributed by atoms with E-state index >= 15 is 0 Å². The Balaban J connectivity index is 1.79. The highest BCUT2D eigenvalue weighted by atomic mass is 32.2. The maximum absolute atomic E-state index is 13.2. The van der Waals surface area contributed by atoms with Crippen LogP contribution in [0.3, 0.4) is 0 Å². The van der Waals surface area contributed by atoms with E-state index in [0.717, 1.165) is 42.6 Å². The highest BCUT2D eigenvalue weighted by Gasteiger charge is 2.34. The van der Waals surface area contributed by atoms with Gasteiger partial charge in [-0.2, -0.15) is 4.31 Å². The fourth-order valence-corrected chi connectivity index (χ4v) is 6.14. The maximum Gasteiger partial charge on any atom is 0.323 e. The Morgan fingerprint density at radius 1 is 1.23 bits per heavy atom. The summed E-state index contributed by atoms with van der Waals surface area (Å²) in [5.74, 6) is -0.737. The molecule has 0 spiro atoms.